The van der Waals surface area contributed by atoms with Crippen molar-refractivity contribution in [1.82, 2.24) is 5.32 Å². The predicted octanol–water partition coefficient (Wildman–Crippen LogP) is 3.16. The second-order valence-electron chi connectivity index (χ2n) is 6.55. The maximum atomic E-state index is 12.4. The van der Waals surface area contributed by atoms with E-state index in [2.05, 4.69) is 10.3 Å². The molecule has 0 aliphatic carbocycles. The summed E-state index contributed by atoms with van der Waals surface area (Å²) >= 11 is 1.23. The number of nitrogens with two attached hydrogens (primary N) is 1. The minimum Gasteiger partial charge on any atom is -0.494 e. The van der Waals surface area contributed by atoms with E-state index in [4.69, 9.17) is 19.9 Å². The number of primary amides is 1. The van der Waals surface area contributed by atoms with E-state index in [1.807, 2.05) is 32.0 Å². The highest BCUT2D eigenvalue weighted by molar-refractivity contribution is 8.18. The van der Waals surface area contributed by atoms with Crippen molar-refractivity contribution in [3.8, 4) is 17.2 Å². The standard InChI is InChI=1S/C22H23N3O5S/c1-4-29-18-10-14(6-8-17(18)30-12-20(23)26)11-19-21(27)25-22(31-19)24-15-9-13(2)5-7-16(15)28-3/h5-11H,4,12H2,1-3H3,(H2,23,26)(H,24,25,27)/b19-11-. The number of amides is 2. The minimum absolute atomic E-state index is 0.248. The van der Waals surface area contributed by atoms with Gasteiger partial charge in [-0.3, -0.25) is 9.59 Å². The largest absolute Gasteiger partial charge is 0.494 e. The molecule has 0 saturated carbocycles. The maximum absolute atomic E-state index is 12.4. The van der Waals surface area contributed by atoms with Crippen molar-refractivity contribution in [2.75, 3.05) is 20.3 Å². The number of aryl methyl sites for hydroxylation is 1. The normalized spacial score (nSPS) is 15.8. The zero-order valence-corrected chi connectivity index (χ0v) is 18.2. The van der Waals surface area contributed by atoms with Gasteiger partial charge in [0.15, 0.2) is 23.3 Å². The van der Waals surface area contributed by atoms with Crippen molar-refractivity contribution < 1.29 is 23.8 Å². The van der Waals surface area contributed by atoms with Gasteiger partial charge in [0.2, 0.25) is 0 Å². The Morgan fingerprint density at radius 2 is 1.94 bits per heavy atom. The Kier molecular flexibility index (Phi) is 7.19. The second kappa shape index (κ2) is 10.0. The maximum Gasteiger partial charge on any atom is 0.264 e. The number of benzene rings is 2. The van der Waals surface area contributed by atoms with Gasteiger partial charge in [-0.05, 0) is 67.1 Å². The van der Waals surface area contributed by atoms with E-state index in [9.17, 15) is 9.59 Å². The van der Waals surface area contributed by atoms with Crippen LogP contribution in [-0.4, -0.2) is 37.3 Å². The molecule has 0 spiro atoms. The van der Waals surface area contributed by atoms with Gasteiger partial charge in [-0.1, -0.05) is 12.1 Å². The molecule has 2 aromatic rings. The molecule has 1 aliphatic heterocycles. The molecule has 3 N–H and O–H groups in total. The molecule has 3 rings (SSSR count). The number of nitrogens with one attached hydrogen (secondary N) is 1. The summed E-state index contributed by atoms with van der Waals surface area (Å²) in [6.45, 7) is 3.96. The van der Waals surface area contributed by atoms with Crippen molar-refractivity contribution in [2.24, 2.45) is 10.7 Å². The van der Waals surface area contributed by atoms with Gasteiger partial charge in [0.1, 0.15) is 11.4 Å². The van der Waals surface area contributed by atoms with Gasteiger partial charge in [0.05, 0.1) is 18.6 Å². The quantitative estimate of drug-likeness (QED) is 0.609. The molecule has 2 aromatic carbocycles. The first-order valence-corrected chi connectivity index (χ1v) is 10.3. The molecule has 0 radical (unpaired) electrons. The fourth-order valence-corrected chi connectivity index (χ4v) is 3.61. The Balaban J connectivity index is 1.84. The molecule has 1 aliphatic rings. The smallest absolute Gasteiger partial charge is 0.264 e. The van der Waals surface area contributed by atoms with E-state index < -0.39 is 5.91 Å². The van der Waals surface area contributed by atoms with E-state index in [1.165, 1.54) is 11.8 Å². The summed E-state index contributed by atoms with van der Waals surface area (Å²) in [7, 11) is 1.58. The summed E-state index contributed by atoms with van der Waals surface area (Å²) in [5.41, 5.74) is 7.54. The molecule has 31 heavy (non-hydrogen) atoms. The number of ether oxygens (including phenoxy) is 3. The van der Waals surface area contributed by atoms with Crippen LogP contribution in [0.15, 0.2) is 46.3 Å². The Labute approximate surface area is 184 Å². The summed E-state index contributed by atoms with van der Waals surface area (Å²) < 4.78 is 16.3. The molecule has 2 amide bonds. The molecule has 1 saturated heterocycles. The third-order valence-corrected chi connectivity index (χ3v) is 5.05. The molecule has 0 aromatic heterocycles. The van der Waals surface area contributed by atoms with Crippen LogP contribution in [0.5, 0.6) is 17.2 Å². The van der Waals surface area contributed by atoms with Crippen LogP contribution in [0.1, 0.15) is 18.1 Å². The van der Waals surface area contributed by atoms with Gasteiger partial charge in [0, 0.05) is 0 Å². The van der Waals surface area contributed by atoms with Gasteiger partial charge in [-0.15, -0.1) is 0 Å². The number of carbonyl (C=O) groups excluding carboxylic acids is 2. The Bertz CT molecular complexity index is 1070. The number of hydrogen-bond donors (Lipinski definition) is 2. The zero-order chi connectivity index (χ0) is 22.4. The molecule has 0 atom stereocenters. The first-order chi connectivity index (χ1) is 14.9. The lowest BCUT2D eigenvalue weighted by atomic mass is 10.2. The fraction of sp³-hybridized carbons (Fsp3) is 0.227. The van der Waals surface area contributed by atoms with E-state index in [0.29, 0.717) is 39.6 Å². The van der Waals surface area contributed by atoms with E-state index >= 15 is 0 Å². The number of hydrogen-bond acceptors (Lipinski definition) is 7. The van der Waals surface area contributed by atoms with Gasteiger partial charge in [-0.2, -0.15) is 0 Å². The number of amidine groups is 1. The minimum atomic E-state index is -0.579. The fourth-order valence-electron chi connectivity index (χ4n) is 2.78. The summed E-state index contributed by atoms with van der Waals surface area (Å²) in [5, 5.41) is 3.23. The third kappa shape index (κ3) is 5.79. The molecular formula is C22H23N3O5S. The first kappa shape index (κ1) is 22.2. The van der Waals surface area contributed by atoms with Crippen LogP contribution in [0.2, 0.25) is 0 Å². The third-order valence-electron chi connectivity index (χ3n) is 4.14. The Morgan fingerprint density at radius 3 is 2.65 bits per heavy atom. The summed E-state index contributed by atoms with van der Waals surface area (Å²) in [6, 6.07) is 10.8. The van der Waals surface area contributed by atoms with Crippen LogP contribution < -0.4 is 25.3 Å². The number of carbonyl (C=O) groups is 2. The van der Waals surface area contributed by atoms with Crippen LogP contribution in [0.25, 0.3) is 6.08 Å². The van der Waals surface area contributed by atoms with Crippen molar-refractivity contribution in [3.05, 3.63) is 52.4 Å². The number of nitrogens with zero attached hydrogens (tertiary/aromatic N) is 1. The molecule has 1 heterocycles. The lowest BCUT2D eigenvalue weighted by molar-refractivity contribution is -0.120. The molecule has 0 bridgehead atoms. The van der Waals surface area contributed by atoms with Crippen LogP contribution in [0.4, 0.5) is 5.69 Å². The van der Waals surface area contributed by atoms with Crippen LogP contribution in [0, 0.1) is 6.92 Å². The van der Waals surface area contributed by atoms with Gasteiger partial charge >= 0.3 is 0 Å². The molecule has 1 fully saturated rings. The highest BCUT2D eigenvalue weighted by atomic mass is 32.2. The summed E-state index contributed by atoms with van der Waals surface area (Å²) in [4.78, 5) is 28.4. The SMILES string of the molecule is CCOc1cc(/C=C2\SC(=Nc3cc(C)ccc3OC)NC2=O)ccc1OCC(N)=O. The second-order valence-corrected chi connectivity index (χ2v) is 7.58. The van der Waals surface area contributed by atoms with Crippen molar-refractivity contribution in [2.45, 2.75) is 13.8 Å². The average Bonchev–Trinajstić information content (AvgIpc) is 3.06. The lowest BCUT2D eigenvalue weighted by Crippen LogP contribution is -2.20. The average molecular weight is 442 g/mol. The van der Waals surface area contributed by atoms with Gasteiger partial charge in [0.25, 0.3) is 11.8 Å². The Hall–Kier alpha value is -3.46. The summed E-state index contributed by atoms with van der Waals surface area (Å²) in [6.07, 6.45) is 1.73. The van der Waals surface area contributed by atoms with E-state index in [1.54, 1.807) is 31.4 Å². The number of thioether (sulfide) groups is 1. The molecule has 162 valence electrons. The van der Waals surface area contributed by atoms with Crippen LogP contribution >= 0.6 is 11.8 Å². The Morgan fingerprint density at radius 1 is 1.16 bits per heavy atom. The number of rotatable bonds is 8. The molecule has 0 unspecified atom stereocenters. The molecule has 9 heteroatoms. The highest BCUT2D eigenvalue weighted by Gasteiger charge is 2.24. The predicted molar refractivity (Wildman–Crippen MR) is 121 cm³/mol. The van der Waals surface area contributed by atoms with Gasteiger partial charge < -0.3 is 25.3 Å². The van der Waals surface area contributed by atoms with E-state index in [0.717, 1.165) is 11.1 Å². The van der Waals surface area contributed by atoms with Crippen LogP contribution in [0.3, 0.4) is 0 Å². The molecular weight excluding hydrogens is 418 g/mol. The number of aliphatic imine (C=N–C) groups is 1. The van der Waals surface area contributed by atoms with Crippen molar-refractivity contribution in [3.63, 3.8) is 0 Å². The molecule has 8 nitrogen and oxygen atoms in total. The topological polar surface area (TPSA) is 112 Å². The summed E-state index contributed by atoms with van der Waals surface area (Å²) in [5.74, 6) is 0.658. The lowest BCUT2D eigenvalue weighted by Gasteiger charge is -2.11. The van der Waals surface area contributed by atoms with Crippen molar-refractivity contribution in [1.29, 1.82) is 0 Å². The van der Waals surface area contributed by atoms with Crippen molar-refractivity contribution >= 4 is 40.5 Å². The highest BCUT2D eigenvalue weighted by Crippen LogP contribution is 2.34. The first-order valence-electron chi connectivity index (χ1n) is 9.51. The monoisotopic (exact) mass is 441 g/mol. The number of methoxy groups -OCH3 is 1. The zero-order valence-electron chi connectivity index (χ0n) is 17.4. The van der Waals surface area contributed by atoms with Gasteiger partial charge in [-0.25, -0.2) is 4.99 Å². The van der Waals surface area contributed by atoms with E-state index in [-0.39, 0.29) is 12.5 Å². The van der Waals surface area contributed by atoms with Crippen LogP contribution in [-0.2, 0) is 9.59 Å².